The second-order valence-electron chi connectivity index (χ2n) is 37.7. The number of rotatable bonds is 24. The van der Waals surface area contributed by atoms with E-state index in [0.29, 0.717) is 0 Å². The summed E-state index contributed by atoms with van der Waals surface area (Å²) in [7, 11) is 1.67. The number of hydrogen-bond donors (Lipinski definition) is 0. The molecular formula is C137H121N8P. The highest BCUT2D eigenvalue weighted by Crippen LogP contribution is 2.48. The Hall–Kier alpha value is -17.6. The second kappa shape index (κ2) is 43.5. The Balaban J connectivity index is 0.000000142. The van der Waals surface area contributed by atoms with Crippen LogP contribution in [0.5, 0.6) is 0 Å². The van der Waals surface area contributed by atoms with Gasteiger partial charge in [0, 0.05) is 137 Å². The summed E-state index contributed by atoms with van der Waals surface area (Å²) >= 11 is 0. The molecular weight excluding hydrogens is 1790 g/mol. The number of aryl methyl sites for hydroxylation is 9. The maximum absolute atomic E-state index is 5.67. The molecule has 23 rings (SSSR count). The molecule has 0 aliphatic rings. The lowest BCUT2D eigenvalue weighted by Gasteiger charge is -2.30. The Bertz CT molecular complexity index is 7830. The minimum absolute atomic E-state index is 0. The SMILES string of the molecule is CCc1ccc(-n2c3ccc(C)cc3c3cc(-c4ccc5c(c4)c4cc(C)ccc4n5-c4ccc(CC)cc4)ccc32)cc1.Cc1cccc(N(c2ccccc2)c2ccc(-c3ccc(N(c4ccccc4)c4cccc(C)c4)cc3)cc2)c1.Cc1cccc(N(c2ccccc2)c2ccc(N(c3ccc(N(c4ccccc4)c4cccc(C)c4)cc3)c3ccc(N(c4ccccc4)c4cccc(C)c4)cc3)cc2)c1.[2HH].[3H]P. The highest BCUT2D eigenvalue weighted by molar-refractivity contribution is 6.92. The molecule has 0 saturated heterocycles. The molecule has 146 heavy (non-hydrogen) atoms. The topological polar surface area (TPSA) is 29.3 Å². The van der Waals surface area contributed by atoms with Crippen LogP contribution in [0.2, 0.25) is 0 Å². The van der Waals surface area contributed by atoms with Crippen LogP contribution in [0.15, 0.2) is 516 Å². The predicted molar refractivity (Wildman–Crippen MR) is 632 cm³/mol. The van der Waals surface area contributed by atoms with Crippen molar-refractivity contribution in [3.63, 3.8) is 0 Å². The minimum atomic E-state index is 0. The van der Waals surface area contributed by atoms with Gasteiger partial charge in [0.25, 0.3) is 0 Å². The number of nitrogens with zero attached hydrogens (tertiary/aromatic N) is 8. The molecule has 0 aliphatic heterocycles. The molecule has 1 unspecified atom stereocenters. The average molecular weight is 1910 g/mol. The highest BCUT2D eigenvalue weighted by Gasteiger charge is 2.25. The van der Waals surface area contributed by atoms with Crippen LogP contribution < -0.4 is 29.4 Å². The molecule has 0 bridgehead atoms. The number of para-hydroxylation sites is 5. The third-order valence-electron chi connectivity index (χ3n) is 27.4. The van der Waals surface area contributed by atoms with Gasteiger partial charge in [0.15, 0.2) is 0 Å². The van der Waals surface area contributed by atoms with Gasteiger partial charge < -0.3 is 38.5 Å². The number of aromatic nitrogens is 2. The predicted octanol–water partition coefficient (Wildman–Crippen LogP) is 39.0. The van der Waals surface area contributed by atoms with Crippen LogP contribution >= 0.6 is 9.84 Å². The Morgan fingerprint density at radius 2 is 0.349 bits per heavy atom. The maximum Gasteiger partial charge on any atom is 0.0541 e. The summed E-state index contributed by atoms with van der Waals surface area (Å²) in [5.74, 6) is 0. The van der Waals surface area contributed by atoms with Crippen molar-refractivity contribution in [1.82, 2.24) is 9.13 Å². The third kappa shape index (κ3) is 20.6. The van der Waals surface area contributed by atoms with Crippen LogP contribution in [0.3, 0.4) is 0 Å². The summed E-state index contributed by atoms with van der Waals surface area (Å²) in [5, 5.41) is 5.17. The van der Waals surface area contributed by atoms with Gasteiger partial charge in [-0.25, -0.2) is 0 Å². The smallest absolute Gasteiger partial charge is 0.0541 e. The van der Waals surface area contributed by atoms with Gasteiger partial charge in [-0.3, -0.25) is 0 Å². The fourth-order valence-corrected chi connectivity index (χ4v) is 20.2. The fraction of sp³-hybridized carbons (Fsp3) is 0.0803. The molecule has 0 saturated carbocycles. The summed E-state index contributed by atoms with van der Waals surface area (Å²) in [6.07, 6.45) is 2.09. The Kier molecular flexibility index (Phi) is 28.2. The zero-order valence-corrected chi connectivity index (χ0v) is 85.3. The van der Waals surface area contributed by atoms with E-state index in [4.69, 9.17) is 1.28 Å². The summed E-state index contributed by atoms with van der Waals surface area (Å²) < 4.78 is 10.5. The molecule has 21 aromatic carbocycles. The van der Waals surface area contributed by atoms with E-state index < -0.39 is 0 Å². The van der Waals surface area contributed by atoms with E-state index in [2.05, 4.69) is 616 Å². The first-order valence-corrected chi connectivity index (χ1v) is 50.3. The molecule has 0 fully saturated rings. The zero-order valence-electron chi connectivity index (χ0n) is 85.1. The third-order valence-corrected chi connectivity index (χ3v) is 27.4. The zero-order chi connectivity index (χ0) is 101. The summed E-state index contributed by atoms with van der Waals surface area (Å²) in [4.78, 5) is 13.9. The van der Waals surface area contributed by atoms with Crippen molar-refractivity contribution in [2.24, 2.45) is 0 Å². The first-order chi connectivity index (χ1) is 72.1. The van der Waals surface area contributed by atoms with E-state index >= 15 is 0 Å². The van der Waals surface area contributed by atoms with Gasteiger partial charge in [0.1, 0.15) is 0 Å². The minimum Gasteiger partial charge on any atom is -0.310 e. The molecule has 2 aromatic heterocycles. The summed E-state index contributed by atoms with van der Waals surface area (Å²) in [6, 6.07) is 186. The van der Waals surface area contributed by atoms with Crippen molar-refractivity contribution in [1.29, 1.82) is 1.28 Å². The molecule has 2 heterocycles. The van der Waals surface area contributed by atoms with Gasteiger partial charge in [-0.1, -0.05) is 249 Å². The van der Waals surface area contributed by atoms with Gasteiger partial charge in [0.05, 0.1) is 23.3 Å². The van der Waals surface area contributed by atoms with Gasteiger partial charge >= 0.3 is 0 Å². The van der Waals surface area contributed by atoms with Gasteiger partial charge in [0.2, 0.25) is 0 Å². The molecule has 9 heteroatoms. The quantitative estimate of drug-likeness (QED) is 0.0560. The van der Waals surface area contributed by atoms with Gasteiger partial charge in [-0.2, -0.15) is 9.84 Å². The van der Waals surface area contributed by atoms with Gasteiger partial charge in [-0.15, -0.1) is 0 Å². The Labute approximate surface area is 865 Å². The lowest BCUT2D eigenvalue weighted by atomic mass is 10.00. The molecule has 23 aromatic rings. The molecule has 0 spiro atoms. The standard InChI is InChI=1S/C57H48N4.C42H36N2.C38H32N2.H3P.H2/c1-43-16-13-25-55(40-43)59(46-19-7-4-8-20-46)52-34-28-49(29-35-52)58(50-30-36-53(37-31-50)60(47-21-9-5-10-22-47)56-26-14-17-44(2)41-56)51-32-38-54(39-33-51)61(48-23-11-6-12-24-48)57-27-15-18-45(3)42-57;1-5-29-9-15-33(16-10-29)43-39-19-7-27(3)23-35(39)37-25-31(13-21-41(37)43)32-14-22-42-38(26-32)36-24-28(4)8-20-40(36)44(42)34-17-11-30(6-2)12-18-34;1-29-11-9-17-37(27-29)39(33-13-5-3-6-14-33)35-23-19-31(20-24-35)32-21-25-36(26-22-32)40(34-15-7-4-8-16-34)38-18-10-12-30(2)28-38;;/h4-42H,1-3H3;7-26H,5-6H2,1-4H3;3-28H,1-2H3;1H3;1H/i;;;1T;1+1. The Morgan fingerprint density at radius 3 is 0.568 bits per heavy atom. The average Bonchev–Trinajstić information content (AvgIpc) is 1.58. The second-order valence-corrected chi connectivity index (χ2v) is 37.7. The van der Waals surface area contributed by atoms with Gasteiger partial charge in [-0.05, 0) is 414 Å². The number of fused-ring (bicyclic) bond motifs is 6. The number of benzene rings is 21. The van der Waals surface area contributed by atoms with Crippen LogP contribution in [0.25, 0.3) is 77.2 Å². The van der Waals surface area contributed by atoms with Crippen molar-refractivity contribution in [3.8, 4) is 33.6 Å². The summed E-state index contributed by atoms with van der Waals surface area (Å²) in [6.45, 7) is 19.5. The van der Waals surface area contributed by atoms with E-state index in [1.165, 1.54) is 127 Å². The summed E-state index contributed by atoms with van der Waals surface area (Å²) in [5.41, 5.74) is 43.6. The maximum atomic E-state index is 5.67. The largest absolute Gasteiger partial charge is 0.310 e. The van der Waals surface area contributed by atoms with Crippen LogP contribution in [-0.2, 0) is 12.8 Å². The lowest BCUT2D eigenvalue weighted by Crippen LogP contribution is -2.14. The van der Waals surface area contributed by atoms with E-state index in [0.717, 1.165) is 115 Å². The molecule has 0 amide bonds. The van der Waals surface area contributed by atoms with E-state index in [1.807, 2.05) is 0 Å². The van der Waals surface area contributed by atoms with Crippen molar-refractivity contribution >= 4 is 156 Å². The molecule has 0 aliphatic carbocycles. The molecule has 0 N–H and O–H groups in total. The molecule has 0 radical (unpaired) electrons. The number of hydrogen-bond acceptors (Lipinski definition) is 6. The van der Waals surface area contributed by atoms with Crippen molar-refractivity contribution < 1.29 is 1.43 Å². The number of anilines is 18. The first kappa shape index (κ1) is 94.7. The Morgan fingerprint density at radius 1 is 0.171 bits per heavy atom. The molecule has 714 valence electrons. The highest BCUT2D eigenvalue weighted by atomic mass is 31.0. The molecule has 1 atom stereocenters. The van der Waals surface area contributed by atoms with Crippen molar-refractivity contribution in [2.45, 2.75) is 75.2 Å². The van der Waals surface area contributed by atoms with E-state index in [1.54, 1.807) is 9.84 Å². The van der Waals surface area contributed by atoms with Crippen LogP contribution in [0.4, 0.5) is 102 Å². The van der Waals surface area contributed by atoms with Crippen molar-refractivity contribution in [2.75, 3.05) is 29.4 Å². The van der Waals surface area contributed by atoms with Crippen LogP contribution in [0, 0.1) is 48.5 Å². The normalized spacial score (nSPS) is 11.1. The van der Waals surface area contributed by atoms with E-state index in [9.17, 15) is 0 Å². The van der Waals surface area contributed by atoms with Crippen molar-refractivity contribution in [3.05, 3.63) is 566 Å². The van der Waals surface area contributed by atoms with Crippen LogP contribution in [0.1, 0.15) is 65.3 Å². The fourth-order valence-electron chi connectivity index (χ4n) is 20.2. The molecule has 8 nitrogen and oxygen atoms in total. The first-order valence-electron chi connectivity index (χ1n) is 50.9. The van der Waals surface area contributed by atoms with Crippen LogP contribution in [-0.4, -0.2) is 10.4 Å². The lowest BCUT2D eigenvalue weighted by molar-refractivity contribution is 1.12. The van der Waals surface area contributed by atoms with E-state index in [-0.39, 0.29) is 1.43 Å². The monoisotopic (exact) mass is 1910 g/mol.